The Labute approximate surface area is 143 Å². The summed E-state index contributed by atoms with van der Waals surface area (Å²) in [6.45, 7) is 3.81. The number of hydrogen-bond acceptors (Lipinski definition) is 4. The first kappa shape index (κ1) is 16.8. The summed E-state index contributed by atoms with van der Waals surface area (Å²) in [5.41, 5.74) is 10.7. The van der Waals surface area contributed by atoms with Crippen LogP contribution in [0.2, 0.25) is 0 Å². The van der Waals surface area contributed by atoms with Crippen molar-refractivity contribution in [3.63, 3.8) is 0 Å². The Balaban J connectivity index is 2.71. The molecule has 0 saturated carbocycles. The Morgan fingerprint density at radius 2 is 1.86 bits per heavy atom. The van der Waals surface area contributed by atoms with Crippen molar-refractivity contribution in [1.82, 2.24) is 0 Å². The van der Waals surface area contributed by atoms with Crippen molar-refractivity contribution in [2.45, 2.75) is 20.0 Å². The fraction of sp³-hybridized carbons (Fsp3) is 0.235. The van der Waals surface area contributed by atoms with Crippen LogP contribution in [0, 0.1) is 17.4 Å². The fourth-order valence-electron chi connectivity index (χ4n) is 2.36. The van der Waals surface area contributed by atoms with Crippen LogP contribution in [0.1, 0.15) is 22.8 Å². The standard InChI is InChI=1S/C17H18INO3/c1-9-4-6-11(7-5-9)12-8-13(18)15(19)10(2)14(12)16(20)17(21)22-3/h4-8,16,20H,19H2,1-3H3/t16-/m0/s1. The number of nitrogen functional groups attached to an aromatic ring is 1. The molecule has 0 aliphatic carbocycles. The number of aliphatic hydroxyl groups is 1. The molecule has 0 unspecified atom stereocenters. The summed E-state index contributed by atoms with van der Waals surface area (Å²) in [5, 5.41) is 10.3. The van der Waals surface area contributed by atoms with E-state index in [0.717, 1.165) is 20.3 Å². The predicted octanol–water partition coefficient (Wildman–Crippen LogP) is 3.36. The van der Waals surface area contributed by atoms with Crippen LogP contribution in [0.5, 0.6) is 0 Å². The minimum atomic E-state index is -1.36. The second-order valence-electron chi connectivity index (χ2n) is 5.15. The summed E-state index contributed by atoms with van der Waals surface area (Å²) in [6.07, 6.45) is -1.36. The summed E-state index contributed by atoms with van der Waals surface area (Å²) in [4.78, 5) is 11.8. The average Bonchev–Trinajstić information content (AvgIpc) is 2.51. The lowest BCUT2D eigenvalue weighted by atomic mass is 9.91. The lowest BCUT2D eigenvalue weighted by Crippen LogP contribution is -2.17. The normalized spacial score (nSPS) is 12.0. The molecule has 0 aromatic heterocycles. The van der Waals surface area contributed by atoms with Gasteiger partial charge in [0, 0.05) is 14.8 Å². The first-order valence-electron chi connectivity index (χ1n) is 6.78. The molecule has 0 radical (unpaired) electrons. The Morgan fingerprint density at radius 3 is 2.41 bits per heavy atom. The summed E-state index contributed by atoms with van der Waals surface area (Å²) in [6, 6.07) is 9.78. The molecule has 2 aromatic carbocycles. The summed E-state index contributed by atoms with van der Waals surface area (Å²) in [7, 11) is 1.25. The zero-order valence-corrected chi connectivity index (χ0v) is 14.8. The van der Waals surface area contributed by atoms with Crippen LogP contribution in [0.25, 0.3) is 11.1 Å². The van der Waals surface area contributed by atoms with E-state index < -0.39 is 12.1 Å². The molecule has 0 amide bonds. The molecule has 116 valence electrons. The van der Waals surface area contributed by atoms with Crippen LogP contribution in [-0.4, -0.2) is 18.2 Å². The van der Waals surface area contributed by atoms with E-state index in [-0.39, 0.29) is 0 Å². The molecular formula is C17H18INO3. The lowest BCUT2D eigenvalue weighted by molar-refractivity contribution is -0.150. The van der Waals surface area contributed by atoms with Gasteiger partial charge in [-0.15, -0.1) is 0 Å². The fourth-order valence-corrected chi connectivity index (χ4v) is 3.08. The SMILES string of the molecule is COC(=O)[C@@H](O)c1c(-c2ccc(C)cc2)cc(I)c(N)c1C. The van der Waals surface area contributed by atoms with Crippen LogP contribution in [0.15, 0.2) is 30.3 Å². The molecule has 1 atom stereocenters. The van der Waals surface area contributed by atoms with Gasteiger partial charge in [-0.1, -0.05) is 29.8 Å². The van der Waals surface area contributed by atoms with Crippen molar-refractivity contribution in [2.75, 3.05) is 12.8 Å². The van der Waals surface area contributed by atoms with Gasteiger partial charge in [0.05, 0.1) is 7.11 Å². The average molecular weight is 411 g/mol. The van der Waals surface area contributed by atoms with Crippen LogP contribution in [0.3, 0.4) is 0 Å². The Morgan fingerprint density at radius 1 is 1.27 bits per heavy atom. The highest BCUT2D eigenvalue weighted by atomic mass is 127. The number of halogens is 1. The van der Waals surface area contributed by atoms with E-state index >= 15 is 0 Å². The highest BCUT2D eigenvalue weighted by Gasteiger charge is 2.26. The number of rotatable bonds is 3. The number of methoxy groups -OCH3 is 1. The maximum atomic E-state index is 11.8. The Kier molecular flexibility index (Phi) is 5.08. The maximum Gasteiger partial charge on any atom is 0.339 e. The van der Waals surface area contributed by atoms with Gasteiger partial charge < -0.3 is 15.6 Å². The quantitative estimate of drug-likeness (QED) is 0.462. The molecule has 3 N–H and O–H groups in total. The number of aryl methyl sites for hydroxylation is 1. The molecule has 0 saturated heterocycles. The van der Waals surface area contributed by atoms with Gasteiger partial charge in [-0.25, -0.2) is 4.79 Å². The van der Waals surface area contributed by atoms with E-state index in [4.69, 9.17) is 5.73 Å². The number of aliphatic hydroxyl groups excluding tert-OH is 1. The van der Waals surface area contributed by atoms with Gasteiger partial charge in [-0.2, -0.15) is 0 Å². The van der Waals surface area contributed by atoms with Gasteiger partial charge in [0.1, 0.15) is 0 Å². The number of benzene rings is 2. The predicted molar refractivity (Wildman–Crippen MR) is 95.5 cm³/mol. The molecule has 2 aromatic rings. The van der Waals surface area contributed by atoms with Gasteiger partial charge in [0.25, 0.3) is 0 Å². The van der Waals surface area contributed by atoms with Crippen LogP contribution in [-0.2, 0) is 9.53 Å². The van der Waals surface area contributed by atoms with Gasteiger partial charge in [0.2, 0.25) is 0 Å². The highest BCUT2D eigenvalue weighted by Crippen LogP contribution is 2.37. The van der Waals surface area contributed by atoms with Gasteiger partial charge in [-0.05, 0) is 59.2 Å². The first-order chi connectivity index (χ1) is 10.4. The summed E-state index contributed by atoms with van der Waals surface area (Å²) in [5.74, 6) is -0.697. The number of anilines is 1. The minimum Gasteiger partial charge on any atom is -0.467 e. The molecular weight excluding hydrogens is 393 g/mol. The van der Waals surface area contributed by atoms with Gasteiger partial charge in [0.15, 0.2) is 6.10 Å². The third kappa shape index (κ3) is 3.10. The molecule has 5 heteroatoms. The molecule has 4 nitrogen and oxygen atoms in total. The molecule has 0 aliphatic heterocycles. The van der Waals surface area contributed by atoms with E-state index in [2.05, 4.69) is 27.3 Å². The highest BCUT2D eigenvalue weighted by molar-refractivity contribution is 14.1. The smallest absolute Gasteiger partial charge is 0.339 e. The van der Waals surface area contributed by atoms with E-state index in [9.17, 15) is 9.90 Å². The Bertz CT molecular complexity index is 711. The van der Waals surface area contributed by atoms with Crippen LogP contribution >= 0.6 is 22.6 Å². The number of hydrogen-bond donors (Lipinski definition) is 2. The van der Waals surface area contributed by atoms with Crippen molar-refractivity contribution in [3.8, 4) is 11.1 Å². The summed E-state index contributed by atoms with van der Waals surface area (Å²) >= 11 is 2.15. The molecule has 22 heavy (non-hydrogen) atoms. The third-order valence-corrected chi connectivity index (χ3v) is 4.58. The largest absolute Gasteiger partial charge is 0.467 e. The second-order valence-corrected chi connectivity index (χ2v) is 6.31. The molecule has 2 rings (SSSR count). The molecule has 0 bridgehead atoms. The maximum absolute atomic E-state index is 11.8. The van der Waals surface area contributed by atoms with Crippen LogP contribution < -0.4 is 5.73 Å². The van der Waals surface area contributed by atoms with E-state index in [0.29, 0.717) is 16.8 Å². The molecule has 0 aliphatic rings. The van der Waals surface area contributed by atoms with Crippen molar-refractivity contribution >= 4 is 34.2 Å². The van der Waals surface area contributed by atoms with Crippen LogP contribution in [0.4, 0.5) is 5.69 Å². The lowest BCUT2D eigenvalue weighted by Gasteiger charge is -2.19. The number of ether oxygens (including phenoxy) is 1. The number of carbonyl (C=O) groups is 1. The molecule has 0 heterocycles. The molecule has 0 fully saturated rings. The zero-order valence-electron chi connectivity index (χ0n) is 12.7. The minimum absolute atomic E-state index is 0.494. The second kappa shape index (κ2) is 6.66. The molecule has 0 spiro atoms. The van der Waals surface area contributed by atoms with Crippen molar-refractivity contribution in [1.29, 1.82) is 0 Å². The van der Waals surface area contributed by atoms with Crippen molar-refractivity contribution in [3.05, 3.63) is 50.6 Å². The van der Waals surface area contributed by atoms with Crippen molar-refractivity contribution < 1.29 is 14.6 Å². The van der Waals surface area contributed by atoms with E-state index in [1.165, 1.54) is 7.11 Å². The number of carbonyl (C=O) groups excluding carboxylic acids is 1. The zero-order chi connectivity index (χ0) is 16.4. The monoisotopic (exact) mass is 411 g/mol. The summed E-state index contributed by atoms with van der Waals surface area (Å²) < 4.78 is 5.55. The Hall–Kier alpha value is -1.60. The first-order valence-corrected chi connectivity index (χ1v) is 7.86. The van der Waals surface area contributed by atoms with E-state index in [1.807, 2.05) is 37.3 Å². The number of esters is 1. The van der Waals surface area contributed by atoms with Crippen molar-refractivity contribution in [2.24, 2.45) is 0 Å². The third-order valence-electron chi connectivity index (χ3n) is 3.69. The van der Waals surface area contributed by atoms with Gasteiger partial charge >= 0.3 is 5.97 Å². The van der Waals surface area contributed by atoms with E-state index in [1.54, 1.807) is 6.92 Å². The topological polar surface area (TPSA) is 72.5 Å². The number of nitrogens with two attached hydrogens (primary N) is 1. The van der Waals surface area contributed by atoms with Gasteiger partial charge in [-0.3, -0.25) is 0 Å².